The third-order valence-electron chi connectivity index (χ3n) is 5.32. The van der Waals surface area contributed by atoms with Crippen LogP contribution in [0, 0.1) is 0 Å². The van der Waals surface area contributed by atoms with Gasteiger partial charge in [0, 0.05) is 24.2 Å². The number of amides is 2. The molecular weight excluding hydrogens is 302 g/mol. The van der Waals surface area contributed by atoms with Gasteiger partial charge < -0.3 is 15.4 Å². The minimum absolute atomic E-state index is 0.138. The number of methoxy groups -OCH3 is 1. The number of hydrogen-bond acceptors (Lipinski definition) is 3. The van der Waals surface area contributed by atoms with E-state index in [4.69, 9.17) is 4.74 Å². The molecule has 2 atom stereocenters. The number of nitrogens with zero attached hydrogens (tertiary/aromatic N) is 1. The second-order valence-corrected chi connectivity index (χ2v) is 7.25. The van der Waals surface area contributed by atoms with Gasteiger partial charge in [-0.05, 0) is 51.7 Å². The van der Waals surface area contributed by atoms with Crippen LogP contribution >= 0.6 is 0 Å². The van der Waals surface area contributed by atoms with Gasteiger partial charge in [-0.1, -0.05) is 18.6 Å². The van der Waals surface area contributed by atoms with Gasteiger partial charge in [0.05, 0.1) is 12.8 Å². The molecule has 5 heteroatoms. The van der Waals surface area contributed by atoms with Crippen molar-refractivity contribution in [3.8, 4) is 5.75 Å². The molecule has 3 rings (SSSR count). The van der Waals surface area contributed by atoms with Crippen molar-refractivity contribution >= 4 is 11.7 Å². The molecule has 2 aliphatic rings. The molecule has 0 radical (unpaired) electrons. The van der Waals surface area contributed by atoms with Gasteiger partial charge in [0.2, 0.25) is 0 Å². The molecule has 0 saturated carbocycles. The monoisotopic (exact) mass is 331 g/mol. The van der Waals surface area contributed by atoms with E-state index in [9.17, 15) is 4.79 Å². The Kier molecular flexibility index (Phi) is 5.29. The number of benzene rings is 1. The van der Waals surface area contributed by atoms with E-state index < -0.39 is 0 Å². The van der Waals surface area contributed by atoms with Gasteiger partial charge in [0.15, 0.2) is 0 Å². The minimum Gasteiger partial charge on any atom is -0.495 e. The highest BCUT2D eigenvalue weighted by atomic mass is 16.5. The number of carbonyl (C=O) groups is 1. The predicted octanol–water partition coefficient (Wildman–Crippen LogP) is 3.61. The van der Waals surface area contributed by atoms with Crippen LogP contribution in [0.5, 0.6) is 5.75 Å². The molecule has 1 aromatic rings. The summed E-state index contributed by atoms with van der Waals surface area (Å²) in [7, 11) is 1.61. The fourth-order valence-electron chi connectivity index (χ4n) is 4.47. The van der Waals surface area contributed by atoms with Gasteiger partial charge in [-0.2, -0.15) is 0 Å². The van der Waals surface area contributed by atoms with Crippen molar-refractivity contribution in [2.24, 2.45) is 0 Å². The molecule has 2 unspecified atom stereocenters. The lowest BCUT2D eigenvalue weighted by Gasteiger charge is -2.51. The second kappa shape index (κ2) is 7.43. The number of fused-ring (bicyclic) bond motifs is 2. The van der Waals surface area contributed by atoms with Crippen molar-refractivity contribution < 1.29 is 9.53 Å². The number of urea groups is 1. The van der Waals surface area contributed by atoms with Gasteiger partial charge in [-0.15, -0.1) is 0 Å². The SMILES string of the molecule is COc1ccccc1NC(=O)NC1CC2CCCC(C1)N2C(C)C. The van der Waals surface area contributed by atoms with E-state index in [0.717, 1.165) is 12.8 Å². The molecule has 2 saturated heterocycles. The van der Waals surface area contributed by atoms with Crippen molar-refractivity contribution in [3.63, 3.8) is 0 Å². The lowest BCUT2D eigenvalue weighted by molar-refractivity contribution is 0.00233. The van der Waals surface area contributed by atoms with E-state index >= 15 is 0 Å². The smallest absolute Gasteiger partial charge is 0.319 e. The zero-order chi connectivity index (χ0) is 17.1. The zero-order valence-corrected chi connectivity index (χ0v) is 14.9. The summed E-state index contributed by atoms with van der Waals surface area (Å²) in [4.78, 5) is 15.1. The molecule has 132 valence electrons. The minimum atomic E-state index is -0.138. The molecule has 5 nitrogen and oxygen atoms in total. The van der Waals surface area contributed by atoms with Crippen LogP contribution in [0.1, 0.15) is 46.0 Å². The van der Waals surface area contributed by atoms with E-state index in [1.54, 1.807) is 7.11 Å². The first-order valence-electron chi connectivity index (χ1n) is 9.06. The Labute approximate surface area is 144 Å². The number of piperidine rings is 2. The van der Waals surface area contributed by atoms with Crippen LogP contribution in [0.2, 0.25) is 0 Å². The summed E-state index contributed by atoms with van der Waals surface area (Å²) in [5.41, 5.74) is 0.706. The highest BCUT2D eigenvalue weighted by molar-refractivity contribution is 5.91. The Balaban J connectivity index is 1.60. The average molecular weight is 331 g/mol. The molecule has 2 fully saturated rings. The van der Waals surface area contributed by atoms with Gasteiger partial charge in [-0.25, -0.2) is 4.79 Å². The van der Waals surface area contributed by atoms with E-state index in [-0.39, 0.29) is 12.1 Å². The summed E-state index contributed by atoms with van der Waals surface area (Å²) in [6.45, 7) is 4.57. The van der Waals surface area contributed by atoms with Crippen molar-refractivity contribution in [2.45, 2.75) is 70.1 Å². The Morgan fingerprint density at radius 1 is 1.21 bits per heavy atom. The van der Waals surface area contributed by atoms with Crippen molar-refractivity contribution in [1.82, 2.24) is 10.2 Å². The quantitative estimate of drug-likeness (QED) is 0.886. The fraction of sp³-hybridized carbons (Fsp3) is 0.632. The van der Waals surface area contributed by atoms with E-state index in [1.807, 2.05) is 24.3 Å². The van der Waals surface area contributed by atoms with Crippen LogP contribution in [0.4, 0.5) is 10.5 Å². The van der Waals surface area contributed by atoms with E-state index in [0.29, 0.717) is 29.6 Å². The lowest BCUT2D eigenvalue weighted by atomic mass is 9.81. The summed E-state index contributed by atoms with van der Waals surface area (Å²) >= 11 is 0. The third-order valence-corrected chi connectivity index (χ3v) is 5.32. The first-order chi connectivity index (χ1) is 11.6. The lowest BCUT2D eigenvalue weighted by Crippen LogP contribution is -2.59. The van der Waals surface area contributed by atoms with Gasteiger partial charge in [0.25, 0.3) is 0 Å². The summed E-state index contributed by atoms with van der Waals surface area (Å²) in [6, 6.07) is 9.40. The molecule has 2 amide bonds. The molecule has 0 aliphatic carbocycles. The number of anilines is 1. The van der Waals surface area contributed by atoms with Crippen LogP contribution in [0.15, 0.2) is 24.3 Å². The number of nitrogens with one attached hydrogen (secondary N) is 2. The summed E-state index contributed by atoms with van der Waals surface area (Å²) < 4.78 is 5.29. The van der Waals surface area contributed by atoms with Crippen molar-refractivity contribution in [3.05, 3.63) is 24.3 Å². The van der Waals surface area contributed by atoms with E-state index in [2.05, 4.69) is 29.4 Å². The molecule has 0 spiro atoms. The topological polar surface area (TPSA) is 53.6 Å². The maximum atomic E-state index is 12.4. The zero-order valence-electron chi connectivity index (χ0n) is 14.9. The Morgan fingerprint density at radius 3 is 2.50 bits per heavy atom. The number of carbonyl (C=O) groups excluding carboxylic acids is 1. The summed E-state index contributed by atoms with van der Waals surface area (Å²) in [5.74, 6) is 0.680. The Hall–Kier alpha value is -1.75. The summed E-state index contributed by atoms with van der Waals surface area (Å²) in [6.07, 6.45) is 5.92. The Morgan fingerprint density at radius 2 is 1.88 bits per heavy atom. The highest BCUT2D eigenvalue weighted by Crippen LogP contribution is 2.35. The predicted molar refractivity (Wildman–Crippen MR) is 96.6 cm³/mol. The molecule has 2 heterocycles. The fourth-order valence-corrected chi connectivity index (χ4v) is 4.47. The molecule has 2 aliphatic heterocycles. The van der Waals surface area contributed by atoms with Crippen LogP contribution < -0.4 is 15.4 Å². The number of hydrogen-bond donors (Lipinski definition) is 2. The second-order valence-electron chi connectivity index (χ2n) is 7.25. The van der Waals surface area contributed by atoms with E-state index in [1.165, 1.54) is 19.3 Å². The molecule has 0 aromatic heterocycles. The molecule has 2 bridgehead atoms. The van der Waals surface area contributed by atoms with Gasteiger partial charge in [0.1, 0.15) is 5.75 Å². The average Bonchev–Trinajstić information content (AvgIpc) is 2.54. The van der Waals surface area contributed by atoms with Gasteiger partial charge in [-0.3, -0.25) is 4.90 Å². The van der Waals surface area contributed by atoms with Crippen LogP contribution in [0.3, 0.4) is 0 Å². The molecule has 24 heavy (non-hydrogen) atoms. The van der Waals surface area contributed by atoms with Crippen LogP contribution in [0.25, 0.3) is 0 Å². The number of rotatable bonds is 4. The maximum Gasteiger partial charge on any atom is 0.319 e. The summed E-state index contributed by atoms with van der Waals surface area (Å²) in [5, 5.41) is 6.09. The first-order valence-corrected chi connectivity index (χ1v) is 9.06. The van der Waals surface area contributed by atoms with Crippen molar-refractivity contribution in [2.75, 3.05) is 12.4 Å². The first kappa shape index (κ1) is 17.1. The van der Waals surface area contributed by atoms with Crippen molar-refractivity contribution in [1.29, 1.82) is 0 Å². The highest BCUT2D eigenvalue weighted by Gasteiger charge is 2.39. The normalized spacial score (nSPS) is 26.9. The standard InChI is InChI=1S/C19H29N3O2/c1-13(2)22-15-7-6-8-16(22)12-14(11-15)20-19(23)21-17-9-4-5-10-18(17)24-3/h4-5,9-10,13-16H,6-8,11-12H2,1-3H3,(H2,20,21,23). The maximum absolute atomic E-state index is 12.4. The van der Waals surface area contributed by atoms with Crippen LogP contribution in [-0.2, 0) is 0 Å². The number of ether oxygens (including phenoxy) is 1. The molecular formula is C19H29N3O2. The Bertz CT molecular complexity index is 561. The largest absolute Gasteiger partial charge is 0.495 e. The number of para-hydroxylation sites is 2. The molecule has 1 aromatic carbocycles. The molecule has 2 N–H and O–H groups in total. The third kappa shape index (κ3) is 3.66. The van der Waals surface area contributed by atoms with Crippen LogP contribution in [-0.4, -0.2) is 42.2 Å². The van der Waals surface area contributed by atoms with Gasteiger partial charge >= 0.3 is 6.03 Å².